The van der Waals surface area contributed by atoms with Crippen LogP contribution in [-0.4, -0.2) is 5.97 Å². The van der Waals surface area contributed by atoms with Crippen molar-refractivity contribution < 1.29 is 18.4 Å². The SMILES string of the molecule is CCCCCCC(CCCCC)C(=O)OCc1oc(=O)oc1C. The van der Waals surface area contributed by atoms with E-state index in [1.54, 1.807) is 6.92 Å². The lowest BCUT2D eigenvalue weighted by Crippen LogP contribution is -2.18. The molecule has 0 aromatic carbocycles. The van der Waals surface area contributed by atoms with E-state index >= 15 is 0 Å². The molecule has 132 valence electrons. The van der Waals surface area contributed by atoms with E-state index in [2.05, 4.69) is 13.8 Å². The zero-order valence-corrected chi connectivity index (χ0v) is 14.7. The van der Waals surface area contributed by atoms with Crippen LogP contribution in [0, 0.1) is 12.8 Å². The summed E-state index contributed by atoms with van der Waals surface area (Å²) < 4.78 is 15.0. The summed E-state index contributed by atoms with van der Waals surface area (Å²) in [7, 11) is 0. The van der Waals surface area contributed by atoms with Crippen LogP contribution in [0.25, 0.3) is 0 Å². The van der Waals surface area contributed by atoms with Crippen LogP contribution < -0.4 is 5.82 Å². The van der Waals surface area contributed by atoms with Gasteiger partial charge in [0.25, 0.3) is 0 Å². The maximum Gasteiger partial charge on any atom is 0.519 e. The van der Waals surface area contributed by atoms with E-state index in [0.717, 1.165) is 44.9 Å². The highest BCUT2D eigenvalue weighted by Crippen LogP contribution is 2.20. The molecule has 0 spiro atoms. The van der Waals surface area contributed by atoms with Gasteiger partial charge in [-0.25, -0.2) is 4.79 Å². The summed E-state index contributed by atoms with van der Waals surface area (Å²) in [5, 5.41) is 0. The van der Waals surface area contributed by atoms with Gasteiger partial charge in [-0.05, 0) is 19.8 Å². The monoisotopic (exact) mass is 326 g/mol. The van der Waals surface area contributed by atoms with Crippen LogP contribution in [-0.2, 0) is 16.1 Å². The Bertz CT molecular complexity index is 500. The van der Waals surface area contributed by atoms with E-state index in [4.69, 9.17) is 13.6 Å². The van der Waals surface area contributed by atoms with Crippen LogP contribution in [0.5, 0.6) is 0 Å². The van der Waals surface area contributed by atoms with E-state index in [1.807, 2.05) is 0 Å². The van der Waals surface area contributed by atoms with Gasteiger partial charge in [0.1, 0.15) is 0 Å². The second kappa shape index (κ2) is 11.1. The summed E-state index contributed by atoms with van der Waals surface area (Å²) in [5.74, 6) is -0.347. The predicted octanol–water partition coefficient (Wildman–Crippen LogP) is 4.75. The molecule has 1 aromatic heterocycles. The van der Waals surface area contributed by atoms with Gasteiger partial charge in [-0.15, -0.1) is 0 Å². The molecule has 1 aromatic rings. The quantitative estimate of drug-likeness (QED) is 0.409. The normalized spacial score (nSPS) is 12.3. The molecule has 0 saturated heterocycles. The fourth-order valence-electron chi connectivity index (χ4n) is 2.60. The van der Waals surface area contributed by atoms with Gasteiger partial charge in [-0.2, -0.15) is 0 Å². The average Bonchev–Trinajstić information content (AvgIpc) is 2.85. The van der Waals surface area contributed by atoms with E-state index in [-0.39, 0.29) is 18.5 Å². The van der Waals surface area contributed by atoms with Crippen molar-refractivity contribution in [3.8, 4) is 0 Å². The van der Waals surface area contributed by atoms with Crippen molar-refractivity contribution in [2.75, 3.05) is 0 Å². The smallest absolute Gasteiger partial charge is 0.457 e. The first kappa shape index (κ1) is 19.5. The van der Waals surface area contributed by atoms with Gasteiger partial charge in [0, 0.05) is 0 Å². The van der Waals surface area contributed by atoms with Gasteiger partial charge in [0.05, 0.1) is 5.92 Å². The molecule has 23 heavy (non-hydrogen) atoms. The van der Waals surface area contributed by atoms with Crippen molar-refractivity contribution in [1.29, 1.82) is 0 Å². The third-order valence-corrected chi connectivity index (χ3v) is 4.08. The van der Waals surface area contributed by atoms with Crippen molar-refractivity contribution in [1.82, 2.24) is 0 Å². The minimum atomic E-state index is -0.757. The molecule has 0 radical (unpaired) electrons. The molecular formula is C18H30O5. The standard InChI is InChI=1S/C18H30O5/c1-4-6-8-10-12-15(11-9-7-5-2)17(19)21-13-16-14(3)22-18(20)23-16/h15H,4-13H2,1-3H3. The van der Waals surface area contributed by atoms with Crippen LogP contribution in [0.1, 0.15) is 83.2 Å². The lowest BCUT2D eigenvalue weighted by molar-refractivity contribution is -0.151. The Hall–Kier alpha value is -1.52. The number of hydrogen-bond donors (Lipinski definition) is 0. The Morgan fingerprint density at radius 1 is 1.00 bits per heavy atom. The summed E-state index contributed by atoms with van der Waals surface area (Å²) in [5.41, 5.74) is 0. The summed E-state index contributed by atoms with van der Waals surface area (Å²) >= 11 is 0. The maximum atomic E-state index is 12.3. The number of carbonyl (C=O) groups is 1. The molecule has 0 aliphatic rings. The zero-order chi connectivity index (χ0) is 17.1. The highest BCUT2D eigenvalue weighted by molar-refractivity contribution is 5.72. The van der Waals surface area contributed by atoms with Crippen molar-refractivity contribution in [2.24, 2.45) is 5.92 Å². The molecule has 1 unspecified atom stereocenters. The summed E-state index contributed by atoms with van der Waals surface area (Å²) in [6.07, 6.45) is 9.66. The molecule has 0 bridgehead atoms. The fraction of sp³-hybridized carbons (Fsp3) is 0.778. The molecule has 0 fully saturated rings. The van der Waals surface area contributed by atoms with Crippen LogP contribution in [0.3, 0.4) is 0 Å². The van der Waals surface area contributed by atoms with E-state index in [1.165, 1.54) is 12.8 Å². The minimum Gasteiger partial charge on any atom is -0.457 e. The first-order valence-corrected chi connectivity index (χ1v) is 8.84. The predicted molar refractivity (Wildman–Crippen MR) is 88.2 cm³/mol. The van der Waals surface area contributed by atoms with Gasteiger partial charge in [-0.3, -0.25) is 4.79 Å². The van der Waals surface area contributed by atoms with Gasteiger partial charge in [-0.1, -0.05) is 58.8 Å². The number of hydrogen-bond acceptors (Lipinski definition) is 5. The largest absolute Gasteiger partial charge is 0.519 e. The Balaban J connectivity index is 2.48. The molecule has 1 atom stereocenters. The molecule has 0 aliphatic carbocycles. The highest BCUT2D eigenvalue weighted by Gasteiger charge is 2.20. The van der Waals surface area contributed by atoms with E-state index in [0.29, 0.717) is 11.5 Å². The molecular weight excluding hydrogens is 296 g/mol. The first-order chi connectivity index (χ1) is 11.1. The molecule has 0 N–H and O–H groups in total. The average molecular weight is 326 g/mol. The molecule has 5 heteroatoms. The molecule has 1 heterocycles. The van der Waals surface area contributed by atoms with Crippen molar-refractivity contribution in [2.45, 2.75) is 85.2 Å². The summed E-state index contributed by atoms with van der Waals surface area (Å²) in [6, 6.07) is 0. The number of aryl methyl sites for hydroxylation is 1. The topological polar surface area (TPSA) is 69.7 Å². The van der Waals surface area contributed by atoms with Gasteiger partial charge >= 0.3 is 11.8 Å². The highest BCUT2D eigenvalue weighted by atomic mass is 16.6. The first-order valence-electron chi connectivity index (χ1n) is 8.84. The summed E-state index contributed by atoms with van der Waals surface area (Å²) in [6.45, 7) is 5.92. The Kier molecular flexibility index (Phi) is 9.41. The van der Waals surface area contributed by atoms with Crippen LogP contribution in [0.2, 0.25) is 0 Å². The Morgan fingerprint density at radius 2 is 1.61 bits per heavy atom. The summed E-state index contributed by atoms with van der Waals surface area (Å²) in [4.78, 5) is 23.3. The van der Waals surface area contributed by atoms with Crippen LogP contribution in [0.15, 0.2) is 13.6 Å². The molecule has 0 aliphatic heterocycles. The zero-order valence-electron chi connectivity index (χ0n) is 14.7. The van der Waals surface area contributed by atoms with E-state index < -0.39 is 5.82 Å². The van der Waals surface area contributed by atoms with Gasteiger partial charge in [0.2, 0.25) is 0 Å². The van der Waals surface area contributed by atoms with Crippen molar-refractivity contribution >= 4 is 5.97 Å². The molecule has 0 saturated carbocycles. The minimum absolute atomic E-state index is 0.0321. The van der Waals surface area contributed by atoms with Crippen LogP contribution in [0.4, 0.5) is 0 Å². The molecule has 5 nitrogen and oxygen atoms in total. The van der Waals surface area contributed by atoms with Crippen molar-refractivity contribution in [3.63, 3.8) is 0 Å². The van der Waals surface area contributed by atoms with E-state index in [9.17, 15) is 9.59 Å². The second-order valence-electron chi connectivity index (χ2n) is 6.08. The molecule has 0 amide bonds. The number of unbranched alkanes of at least 4 members (excludes halogenated alkanes) is 5. The second-order valence-corrected chi connectivity index (χ2v) is 6.08. The number of carbonyl (C=O) groups excluding carboxylic acids is 1. The number of ether oxygens (including phenoxy) is 1. The lowest BCUT2D eigenvalue weighted by Gasteiger charge is -2.15. The van der Waals surface area contributed by atoms with Gasteiger partial charge in [0.15, 0.2) is 18.1 Å². The maximum absolute atomic E-state index is 12.3. The number of rotatable bonds is 12. The fourth-order valence-corrected chi connectivity index (χ4v) is 2.60. The van der Waals surface area contributed by atoms with Crippen molar-refractivity contribution in [3.05, 3.63) is 22.1 Å². The number of esters is 1. The Labute approximate surface area is 138 Å². The Morgan fingerprint density at radius 3 is 2.17 bits per heavy atom. The third-order valence-electron chi connectivity index (χ3n) is 4.08. The van der Waals surface area contributed by atoms with Gasteiger partial charge < -0.3 is 13.6 Å². The van der Waals surface area contributed by atoms with Crippen LogP contribution >= 0.6 is 0 Å². The third kappa shape index (κ3) is 7.53. The molecule has 1 rings (SSSR count). The lowest BCUT2D eigenvalue weighted by atomic mass is 9.95.